The highest BCUT2D eigenvalue weighted by molar-refractivity contribution is 8.13. The van der Waals surface area contributed by atoms with Gasteiger partial charge in [-0.2, -0.15) is 13.2 Å². The summed E-state index contributed by atoms with van der Waals surface area (Å²) in [5, 5.41) is 9.43. The smallest absolute Gasteiger partial charge is 0.433 e. The zero-order chi connectivity index (χ0) is 17.8. The number of rotatable bonds is 4. The summed E-state index contributed by atoms with van der Waals surface area (Å²) in [4.78, 5) is 7.19. The van der Waals surface area contributed by atoms with Crippen molar-refractivity contribution in [1.82, 2.24) is 4.98 Å². The minimum Gasteiger partial charge on any atom is -0.509 e. The molecule has 0 unspecified atom stereocenters. The van der Waals surface area contributed by atoms with E-state index in [1.807, 2.05) is 0 Å². The summed E-state index contributed by atoms with van der Waals surface area (Å²) in [7, 11) is 0. The number of pyridine rings is 1. The highest BCUT2D eigenvalue weighted by Crippen LogP contribution is 2.33. The summed E-state index contributed by atoms with van der Waals surface area (Å²) in [6, 6.07) is 0. The Bertz CT molecular complexity index is 675. The summed E-state index contributed by atoms with van der Waals surface area (Å²) < 4.78 is 38.3. The first-order valence-corrected chi connectivity index (χ1v) is 7.97. The van der Waals surface area contributed by atoms with Crippen LogP contribution in [-0.4, -0.2) is 21.3 Å². The van der Waals surface area contributed by atoms with Crippen LogP contribution in [0.4, 0.5) is 13.2 Å². The summed E-state index contributed by atoms with van der Waals surface area (Å²) in [6.45, 7) is 4.37. The maximum Gasteiger partial charge on any atom is 0.433 e. The number of nitrogens with zero attached hydrogens (tertiary/aromatic N) is 2. The largest absolute Gasteiger partial charge is 0.509 e. The Morgan fingerprint density at radius 2 is 2.04 bits per heavy atom. The van der Waals surface area contributed by atoms with E-state index in [1.54, 1.807) is 0 Å². The van der Waals surface area contributed by atoms with Crippen molar-refractivity contribution in [2.75, 3.05) is 0 Å². The molecule has 126 valence electrons. The molecule has 0 bridgehead atoms. The molecule has 1 aromatic rings. The third-order valence-corrected chi connectivity index (χ3v) is 4.38. The van der Waals surface area contributed by atoms with E-state index in [0.717, 1.165) is 11.8 Å². The van der Waals surface area contributed by atoms with Gasteiger partial charge in [0.15, 0.2) is 0 Å². The predicted octanol–water partition coefficient (Wildman–Crippen LogP) is 6.21. The highest BCUT2D eigenvalue weighted by Gasteiger charge is 2.34. The highest BCUT2D eigenvalue weighted by atomic mass is 35.5. The molecule has 0 aromatic carbocycles. The van der Waals surface area contributed by atoms with Crippen LogP contribution in [0, 0.1) is 0 Å². The van der Waals surface area contributed by atoms with Crippen molar-refractivity contribution >= 4 is 51.6 Å². The number of aromatic nitrogens is 1. The van der Waals surface area contributed by atoms with Crippen molar-refractivity contribution in [2.45, 2.75) is 18.9 Å². The van der Waals surface area contributed by atoms with Crippen LogP contribution in [0.5, 0.6) is 0 Å². The Hall–Kier alpha value is -0.890. The quantitative estimate of drug-likeness (QED) is 0.213. The van der Waals surface area contributed by atoms with Crippen molar-refractivity contribution in [1.29, 1.82) is 0 Å². The van der Waals surface area contributed by atoms with E-state index in [2.05, 4.69) is 16.6 Å². The monoisotopic (exact) mass is 404 g/mol. The molecule has 0 radical (unpaired) electrons. The molecule has 0 aliphatic rings. The predicted molar refractivity (Wildman–Crippen MR) is 89.6 cm³/mol. The maximum absolute atomic E-state index is 12.8. The molecule has 0 aliphatic heterocycles. The molecule has 0 atom stereocenters. The second-order valence-corrected chi connectivity index (χ2v) is 6.44. The van der Waals surface area contributed by atoms with Gasteiger partial charge in [-0.3, -0.25) is 0 Å². The van der Waals surface area contributed by atoms with E-state index in [0.29, 0.717) is 11.6 Å². The first-order chi connectivity index (χ1) is 10.5. The van der Waals surface area contributed by atoms with Gasteiger partial charge in [-0.15, -0.1) is 11.8 Å². The summed E-state index contributed by atoms with van der Waals surface area (Å²) in [5.74, 6) is -0.591. The second kappa shape index (κ2) is 8.28. The van der Waals surface area contributed by atoms with Gasteiger partial charge >= 0.3 is 6.18 Å². The lowest BCUT2D eigenvalue weighted by Crippen LogP contribution is -2.11. The molecule has 0 saturated heterocycles. The van der Waals surface area contributed by atoms with Crippen LogP contribution < -0.4 is 0 Å². The van der Waals surface area contributed by atoms with Gasteiger partial charge in [0.2, 0.25) is 0 Å². The average Bonchev–Trinajstić information content (AvgIpc) is 2.41. The van der Waals surface area contributed by atoms with E-state index >= 15 is 0 Å². The molecule has 0 saturated carbocycles. The summed E-state index contributed by atoms with van der Waals surface area (Å²) >= 11 is 18.6. The number of hydrogen-bond donors (Lipinski definition) is 1. The van der Waals surface area contributed by atoms with Crippen molar-refractivity contribution in [3.8, 4) is 0 Å². The van der Waals surface area contributed by atoms with E-state index in [-0.39, 0.29) is 26.0 Å². The van der Waals surface area contributed by atoms with E-state index in [4.69, 9.17) is 39.9 Å². The summed E-state index contributed by atoms with van der Waals surface area (Å²) in [6.07, 6.45) is -2.98. The fourth-order valence-corrected chi connectivity index (χ4v) is 2.94. The second-order valence-electron chi connectivity index (χ2n) is 4.13. The molecule has 23 heavy (non-hydrogen) atoms. The molecule has 1 aromatic heterocycles. The molecule has 0 spiro atoms. The number of aliphatic imine (C=N–C) groups is 1. The third kappa shape index (κ3) is 6.25. The first-order valence-electron chi connectivity index (χ1n) is 5.85. The van der Waals surface area contributed by atoms with Crippen LogP contribution >= 0.6 is 46.6 Å². The van der Waals surface area contributed by atoms with Crippen molar-refractivity contribution in [3.05, 3.63) is 51.1 Å². The molecule has 3 nitrogen and oxygen atoms in total. The van der Waals surface area contributed by atoms with Gasteiger partial charge in [0.25, 0.3) is 0 Å². The Morgan fingerprint density at radius 1 is 1.43 bits per heavy atom. The van der Waals surface area contributed by atoms with Gasteiger partial charge in [-0.25, -0.2) is 9.98 Å². The molecule has 0 amide bonds. The lowest BCUT2D eigenvalue weighted by Gasteiger charge is -2.10. The van der Waals surface area contributed by atoms with Crippen molar-refractivity contribution in [3.63, 3.8) is 0 Å². The molecule has 1 heterocycles. The Labute approximate surface area is 149 Å². The molecule has 10 heteroatoms. The van der Waals surface area contributed by atoms with E-state index in [9.17, 15) is 13.2 Å². The number of thioether (sulfide) groups is 1. The van der Waals surface area contributed by atoms with Crippen LogP contribution in [-0.2, 0) is 5.75 Å². The zero-order valence-electron chi connectivity index (χ0n) is 11.6. The van der Waals surface area contributed by atoms with Gasteiger partial charge in [-0.05, 0) is 6.92 Å². The summed E-state index contributed by atoms with van der Waals surface area (Å²) in [5.41, 5.74) is -0.822. The van der Waals surface area contributed by atoms with Gasteiger partial charge in [0.05, 0.1) is 15.1 Å². The number of halogens is 6. The van der Waals surface area contributed by atoms with Crippen molar-refractivity contribution in [2.24, 2.45) is 4.99 Å². The van der Waals surface area contributed by atoms with Crippen LogP contribution in [0.1, 0.15) is 12.5 Å². The number of aliphatic hydroxyl groups is 1. The molecule has 0 aliphatic carbocycles. The number of allylic oxidation sites excluding steroid dienone is 2. The average molecular weight is 406 g/mol. The number of aliphatic hydroxyl groups excluding tert-OH is 1. The van der Waals surface area contributed by atoms with E-state index in [1.165, 1.54) is 13.1 Å². The standard InChI is InChI=1S/C13H10Cl3F3N2OS/c1-6(22)3-10(13(17,18)19)21-7(2)23-5-8-9(14)4-20-12(16)11(8)15/h3-4,22H,1,5H2,2H3/b10-3-,21-7+. The Balaban J connectivity index is 2.97. The first kappa shape index (κ1) is 20.2. The number of hydrogen-bond acceptors (Lipinski definition) is 4. The fraction of sp³-hybridized carbons (Fsp3) is 0.231. The lowest BCUT2D eigenvalue weighted by molar-refractivity contribution is -0.0925. The third-order valence-electron chi connectivity index (χ3n) is 2.32. The lowest BCUT2D eigenvalue weighted by atomic mass is 10.3. The van der Waals surface area contributed by atoms with Gasteiger partial charge in [0.1, 0.15) is 16.6 Å². The van der Waals surface area contributed by atoms with Gasteiger partial charge in [-0.1, -0.05) is 41.4 Å². The Morgan fingerprint density at radius 3 is 2.57 bits per heavy atom. The zero-order valence-corrected chi connectivity index (χ0v) is 14.7. The topological polar surface area (TPSA) is 45.5 Å². The number of alkyl halides is 3. The van der Waals surface area contributed by atoms with Crippen LogP contribution in [0.3, 0.4) is 0 Å². The van der Waals surface area contributed by atoms with Gasteiger partial charge < -0.3 is 5.11 Å². The van der Waals surface area contributed by atoms with Crippen LogP contribution in [0.25, 0.3) is 0 Å². The maximum atomic E-state index is 12.8. The van der Waals surface area contributed by atoms with E-state index < -0.39 is 17.6 Å². The van der Waals surface area contributed by atoms with Crippen LogP contribution in [0.2, 0.25) is 15.2 Å². The van der Waals surface area contributed by atoms with Gasteiger partial charge in [0, 0.05) is 23.6 Å². The van der Waals surface area contributed by atoms with Crippen LogP contribution in [0.15, 0.2) is 35.3 Å². The molecule has 0 fully saturated rings. The fourth-order valence-electron chi connectivity index (χ4n) is 1.32. The molecule has 1 rings (SSSR count). The van der Waals surface area contributed by atoms with Crippen molar-refractivity contribution < 1.29 is 18.3 Å². The Kier molecular flexibility index (Phi) is 7.26. The molecular formula is C13H10Cl3F3N2OS. The minimum absolute atomic E-state index is 0.0497. The SMILES string of the molecule is C=C(O)/C=C(\N=C(/C)SCc1c(Cl)cnc(Cl)c1Cl)C(F)(F)F. The molecule has 1 N–H and O–H groups in total. The molecular weight excluding hydrogens is 396 g/mol. The minimum atomic E-state index is -4.72. The normalized spacial score (nSPS) is 13.3.